The van der Waals surface area contributed by atoms with E-state index in [9.17, 15) is 5.11 Å². The number of imidazole rings is 1. The molecule has 0 amide bonds. The van der Waals surface area contributed by atoms with E-state index in [1.54, 1.807) is 6.07 Å². The van der Waals surface area contributed by atoms with Crippen molar-refractivity contribution in [2.75, 3.05) is 26.4 Å². The standard InChI is InChI=1S/C19H25N5O2S/c1-5-26-10-15-22-16-17(23-15)19(20)21-11(2)18(16)27-14-7-6-12(8-13(14)25)9-24(3)4/h6-8,25H,5,9-10H2,1-4H3,(H2,20,21)(H,22,23). The van der Waals surface area contributed by atoms with E-state index in [1.165, 1.54) is 11.8 Å². The fourth-order valence-electron chi connectivity index (χ4n) is 2.85. The van der Waals surface area contributed by atoms with Crippen molar-refractivity contribution in [1.82, 2.24) is 19.9 Å². The Morgan fingerprint density at radius 2 is 2.07 bits per heavy atom. The van der Waals surface area contributed by atoms with Crippen LogP contribution in [0.3, 0.4) is 0 Å². The summed E-state index contributed by atoms with van der Waals surface area (Å²) >= 11 is 1.45. The molecule has 0 bridgehead atoms. The van der Waals surface area contributed by atoms with Crippen molar-refractivity contribution in [2.24, 2.45) is 0 Å². The largest absolute Gasteiger partial charge is 0.507 e. The van der Waals surface area contributed by atoms with Crippen LogP contribution in [0.1, 0.15) is 24.0 Å². The number of phenolic OH excluding ortho intramolecular Hbond substituents is 1. The molecule has 0 aliphatic heterocycles. The maximum absolute atomic E-state index is 10.5. The van der Waals surface area contributed by atoms with Gasteiger partial charge in [-0.15, -0.1) is 0 Å². The lowest BCUT2D eigenvalue weighted by molar-refractivity contribution is 0.129. The number of H-pyrrole nitrogens is 1. The van der Waals surface area contributed by atoms with Gasteiger partial charge in [-0.3, -0.25) is 0 Å². The highest BCUT2D eigenvalue weighted by Crippen LogP contribution is 2.40. The number of rotatable bonds is 7. The topological polar surface area (TPSA) is 100 Å². The van der Waals surface area contributed by atoms with Gasteiger partial charge in [0.1, 0.15) is 23.7 Å². The zero-order valence-electron chi connectivity index (χ0n) is 16.0. The smallest absolute Gasteiger partial charge is 0.151 e. The number of anilines is 1. The van der Waals surface area contributed by atoms with E-state index in [1.807, 2.05) is 40.1 Å². The lowest BCUT2D eigenvalue weighted by atomic mass is 10.2. The summed E-state index contributed by atoms with van der Waals surface area (Å²) in [6.45, 7) is 5.61. The quantitative estimate of drug-likeness (QED) is 0.572. The molecule has 3 aromatic rings. The summed E-state index contributed by atoms with van der Waals surface area (Å²) in [5.74, 6) is 1.34. The van der Waals surface area contributed by atoms with Gasteiger partial charge in [-0.25, -0.2) is 9.97 Å². The maximum atomic E-state index is 10.5. The van der Waals surface area contributed by atoms with E-state index in [0.29, 0.717) is 30.4 Å². The molecule has 0 spiro atoms. The highest BCUT2D eigenvalue weighted by atomic mass is 32.2. The summed E-state index contributed by atoms with van der Waals surface area (Å²) in [6, 6.07) is 5.75. The fraction of sp³-hybridized carbons (Fsp3) is 0.368. The van der Waals surface area contributed by atoms with E-state index in [-0.39, 0.29) is 5.75 Å². The number of hydrogen-bond donors (Lipinski definition) is 3. The second kappa shape index (κ2) is 8.16. The molecule has 27 heavy (non-hydrogen) atoms. The lowest BCUT2D eigenvalue weighted by Crippen LogP contribution is -2.10. The normalized spacial score (nSPS) is 11.6. The molecule has 0 atom stereocenters. The number of fused-ring (bicyclic) bond motifs is 1. The zero-order valence-corrected chi connectivity index (χ0v) is 16.9. The van der Waals surface area contributed by atoms with Gasteiger partial charge in [0, 0.05) is 13.2 Å². The molecule has 0 saturated carbocycles. The molecule has 2 aromatic heterocycles. The Bertz CT molecular complexity index is 955. The Morgan fingerprint density at radius 1 is 1.30 bits per heavy atom. The van der Waals surface area contributed by atoms with Crippen LogP contribution in [0.15, 0.2) is 28.0 Å². The van der Waals surface area contributed by atoms with Crippen LogP contribution >= 0.6 is 11.8 Å². The third-order valence-corrected chi connectivity index (χ3v) is 5.29. The highest BCUT2D eigenvalue weighted by Gasteiger charge is 2.17. The minimum Gasteiger partial charge on any atom is -0.507 e. The number of ether oxygens (including phenoxy) is 1. The first-order valence-electron chi connectivity index (χ1n) is 8.76. The molecular weight excluding hydrogens is 362 g/mol. The van der Waals surface area contributed by atoms with Crippen LogP contribution in [-0.4, -0.2) is 45.7 Å². The number of aromatic nitrogens is 3. The van der Waals surface area contributed by atoms with Gasteiger partial charge in [0.2, 0.25) is 0 Å². The summed E-state index contributed by atoms with van der Waals surface area (Å²) in [5, 5.41) is 10.5. The van der Waals surface area contributed by atoms with Crippen molar-refractivity contribution >= 4 is 28.6 Å². The number of nitrogens with one attached hydrogen (secondary N) is 1. The van der Waals surface area contributed by atoms with E-state index in [0.717, 1.165) is 33.1 Å². The van der Waals surface area contributed by atoms with Crippen LogP contribution in [0.25, 0.3) is 11.0 Å². The maximum Gasteiger partial charge on any atom is 0.151 e. The number of phenols is 1. The number of nitrogen functional groups attached to an aromatic ring is 1. The Balaban J connectivity index is 1.97. The fourth-order valence-corrected chi connectivity index (χ4v) is 3.81. The molecule has 4 N–H and O–H groups in total. The third kappa shape index (κ3) is 4.35. The van der Waals surface area contributed by atoms with E-state index in [4.69, 9.17) is 10.5 Å². The number of pyridine rings is 1. The lowest BCUT2D eigenvalue weighted by Gasteiger charge is -2.12. The van der Waals surface area contributed by atoms with Crippen LogP contribution in [-0.2, 0) is 17.9 Å². The average Bonchev–Trinajstić information content (AvgIpc) is 3.02. The molecule has 0 aliphatic rings. The Morgan fingerprint density at radius 3 is 2.74 bits per heavy atom. The summed E-state index contributed by atoms with van der Waals surface area (Å²) in [4.78, 5) is 15.9. The highest BCUT2D eigenvalue weighted by molar-refractivity contribution is 7.99. The van der Waals surface area contributed by atoms with Crippen molar-refractivity contribution in [3.63, 3.8) is 0 Å². The van der Waals surface area contributed by atoms with Crippen molar-refractivity contribution in [1.29, 1.82) is 0 Å². The van der Waals surface area contributed by atoms with Crippen LogP contribution in [0, 0.1) is 6.92 Å². The SMILES string of the molecule is CCOCc1nc2c(N)nc(C)c(Sc3ccc(CN(C)C)cc3O)c2[nH]1. The molecule has 1 aromatic carbocycles. The first-order chi connectivity index (χ1) is 12.9. The van der Waals surface area contributed by atoms with Crippen LogP contribution in [0.5, 0.6) is 5.75 Å². The molecule has 0 aliphatic carbocycles. The molecule has 2 heterocycles. The predicted octanol–water partition coefficient (Wildman–Crippen LogP) is 3.30. The number of benzene rings is 1. The van der Waals surface area contributed by atoms with Gasteiger partial charge in [0.25, 0.3) is 0 Å². The molecule has 0 unspecified atom stereocenters. The molecule has 3 rings (SSSR count). The summed E-state index contributed by atoms with van der Waals surface area (Å²) < 4.78 is 5.44. The minimum absolute atomic E-state index is 0.248. The monoisotopic (exact) mass is 387 g/mol. The molecule has 0 radical (unpaired) electrons. The van der Waals surface area contributed by atoms with Crippen LogP contribution in [0.4, 0.5) is 5.82 Å². The second-order valence-electron chi connectivity index (χ2n) is 6.60. The molecule has 8 heteroatoms. The van der Waals surface area contributed by atoms with Gasteiger partial charge >= 0.3 is 0 Å². The van der Waals surface area contributed by atoms with Gasteiger partial charge in [-0.05, 0) is 45.6 Å². The predicted molar refractivity (Wildman–Crippen MR) is 108 cm³/mol. The zero-order chi connectivity index (χ0) is 19.6. The number of aryl methyl sites for hydroxylation is 1. The summed E-state index contributed by atoms with van der Waals surface area (Å²) in [6.07, 6.45) is 0. The summed E-state index contributed by atoms with van der Waals surface area (Å²) in [7, 11) is 4.00. The second-order valence-corrected chi connectivity index (χ2v) is 7.65. The third-order valence-electron chi connectivity index (χ3n) is 4.02. The van der Waals surface area contributed by atoms with Gasteiger partial charge in [0.15, 0.2) is 5.82 Å². The average molecular weight is 388 g/mol. The summed E-state index contributed by atoms with van der Waals surface area (Å²) in [5.41, 5.74) is 9.34. The number of hydrogen-bond acceptors (Lipinski definition) is 7. The first-order valence-corrected chi connectivity index (χ1v) is 9.57. The van der Waals surface area contributed by atoms with Gasteiger partial charge in [-0.1, -0.05) is 17.8 Å². The Hall–Kier alpha value is -2.29. The molecule has 7 nitrogen and oxygen atoms in total. The van der Waals surface area contributed by atoms with Crippen molar-refractivity contribution in [2.45, 2.75) is 36.8 Å². The Kier molecular flexibility index (Phi) is 5.88. The molecule has 0 saturated heterocycles. The van der Waals surface area contributed by atoms with Crippen LogP contribution < -0.4 is 5.73 Å². The van der Waals surface area contributed by atoms with Gasteiger partial charge in [-0.2, -0.15) is 0 Å². The first kappa shape index (κ1) is 19.5. The number of nitrogens with zero attached hydrogens (tertiary/aromatic N) is 3. The van der Waals surface area contributed by atoms with Crippen molar-refractivity contribution in [3.8, 4) is 5.75 Å². The Labute approximate surface area is 163 Å². The number of aromatic amines is 1. The van der Waals surface area contributed by atoms with E-state index >= 15 is 0 Å². The van der Waals surface area contributed by atoms with E-state index < -0.39 is 0 Å². The number of nitrogens with two attached hydrogens (primary N) is 1. The van der Waals surface area contributed by atoms with Gasteiger partial charge in [0.05, 0.1) is 21.0 Å². The van der Waals surface area contributed by atoms with E-state index in [2.05, 4.69) is 19.9 Å². The minimum atomic E-state index is 0.248. The molecular formula is C19H25N5O2S. The van der Waals surface area contributed by atoms with Gasteiger partial charge < -0.3 is 25.5 Å². The number of aromatic hydroxyl groups is 1. The van der Waals surface area contributed by atoms with Crippen molar-refractivity contribution < 1.29 is 9.84 Å². The molecule has 144 valence electrons. The molecule has 0 fully saturated rings. The van der Waals surface area contributed by atoms with Crippen molar-refractivity contribution in [3.05, 3.63) is 35.3 Å². The van der Waals surface area contributed by atoms with Crippen LogP contribution in [0.2, 0.25) is 0 Å².